The van der Waals surface area contributed by atoms with Gasteiger partial charge in [-0.25, -0.2) is 9.48 Å². The lowest BCUT2D eigenvalue weighted by Gasteiger charge is -2.07. The van der Waals surface area contributed by atoms with Gasteiger partial charge in [-0.15, -0.1) is 16.4 Å². The molecular formula is C13H8BrN3O2S. The molecule has 5 nitrogen and oxygen atoms in total. The fourth-order valence-electron chi connectivity index (χ4n) is 1.85. The minimum absolute atomic E-state index is 0.0526. The number of carbonyl (C=O) groups is 1. The maximum atomic E-state index is 11.3. The Balaban J connectivity index is 2.28. The third-order valence-corrected chi connectivity index (χ3v) is 4.26. The molecule has 100 valence electrons. The molecule has 20 heavy (non-hydrogen) atoms. The van der Waals surface area contributed by atoms with E-state index in [0.717, 1.165) is 15.0 Å². The average Bonchev–Trinajstić information content (AvgIpc) is 3.07. The quantitative estimate of drug-likeness (QED) is 0.786. The molecule has 0 bridgehead atoms. The first-order valence-corrected chi connectivity index (χ1v) is 7.33. The van der Waals surface area contributed by atoms with Crippen LogP contribution in [0.2, 0.25) is 0 Å². The van der Waals surface area contributed by atoms with Crippen molar-refractivity contribution in [3.05, 3.63) is 51.9 Å². The van der Waals surface area contributed by atoms with Gasteiger partial charge in [-0.3, -0.25) is 0 Å². The molecule has 0 unspecified atom stereocenters. The number of nitrogens with zero attached hydrogens (tertiary/aromatic N) is 3. The zero-order chi connectivity index (χ0) is 14.1. The molecule has 2 heterocycles. The molecule has 0 aliphatic heterocycles. The summed E-state index contributed by atoms with van der Waals surface area (Å²) in [5.41, 5.74) is 1.18. The summed E-state index contributed by atoms with van der Waals surface area (Å²) in [7, 11) is 0. The average molecular weight is 350 g/mol. The van der Waals surface area contributed by atoms with Crippen LogP contribution in [0.25, 0.3) is 16.3 Å². The molecule has 0 amide bonds. The number of halogens is 1. The van der Waals surface area contributed by atoms with Crippen molar-refractivity contribution in [3.8, 4) is 16.3 Å². The van der Waals surface area contributed by atoms with Crippen LogP contribution in [0.4, 0.5) is 0 Å². The molecule has 0 aliphatic carbocycles. The number of aromatic carboxylic acids is 1. The Morgan fingerprint density at radius 3 is 2.70 bits per heavy atom. The van der Waals surface area contributed by atoms with Gasteiger partial charge in [-0.1, -0.05) is 23.4 Å². The van der Waals surface area contributed by atoms with E-state index in [9.17, 15) is 9.90 Å². The van der Waals surface area contributed by atoms with Crippen LogP contribution in [-0.4, -0.2) is 26.1 Å². The fraction of sp³-hybridized carbons (Fsp3) is 0. The van der Waals surface area contributed by atoms with Gasteiger partial charge in [0.1, 0.15) is 5.69 Å². The normalized spacial score (nSPS) is 10.7. The predicted octanol–water partition coefficient (Wildman–Crippen LogP) is 3.46. The van der Waals surface area contributed by atoms with Gasteiger partial charge < -0.3 is 5.11 Å². The third-order valence-electron chi connectivity index (χ3n) is 2.71. The number of aromatic nitrogens is 3. The molecule has 3 rings (SSSR count). The van der Waals surface area contributed by atoms with Crippen LogP contribution in [0.5, 0.6) is 0 Å². The van der Waals surface area contributed by atoms with Gasteiger partial charge in [0.25, 0.3) is 0 Å². The molecule has 7 heteroatoms. The van der Waals surface area contributed by atoms with E-state index >= 15 is 0 Å². The lowest BCUT2D eigenvalue weighted by atomic mass is 10.2. The van der Waals surface area contributed by atoms with Gasteiger partial charge in [0.05, 0.1) is 10.6 Å². The number of para-hydroxylation sites is 1. The molecule has 1 aromatic carbocycles. The van der Waals surface area contributed by atoms with E-state index in [1.807, 2.05) is 41.8 Å². The van der Waals surface area contributed by atoms with Crippen molar-refractivity contribution in [2.24, 2.45) is 0 Å². The van der Waals surface area contributed by atoms with Crippen LogP contribution in [0.3, 0.4) is 0 Å². The van der Waals surface area contributed by atoms with Gasteiger partial charge in [0.15, 0.2) is 5.69 Å². The van der Waals surface area contributed by atoms with Crippen LogP contribution in [0, 0.1) is 0 Å². The highest BCUT2D eigenvalue weighted by Gasteiger charge is 2.22. The van der Waals surface area contributed by atoms with Crippen molar-refractivity contribution >= 4 is 33.2 Å². The van der Waals surface area contributed by atoms with E-state index < -0.39 is 5.97 Å². The molecule has 1 N–H and O–H groups in total. The van der Waals surface area contributed by atoms with E-state index in [1.54, 1.807) is 4.68 Å². The van der Waals surface area contributed by atoms with Gasteiger partial charge in [0, 0.05) is 4.47 Å². The lowest BCUT2D eigenvalue weighted by Crippen LogP contribution is -2.02. The van der Waals surface area contributed by atoms with E-state index in [-0.39, 0.29) is 5.69 Å². The summed E-state index contributed by atoms with van der Waals surface area (Å²) in [5, 5.41) is 18.9. The van der Waals surface area contributed by atoms with Gasteiger partial charge >= 0.3 is 5.97 Å². The zero-order valence-corrected chi connectivity index (χ0v) is 12.4. The van der Waals surface area contributed by atoms with Gasteiger partial charge in [-0.05, 0) is 39.5 Å². The molecular weight excluding hydrogens is 342 g/mol. The first-order chi connectivity index (χ1) is 9.68. The van der Waals surface area contributed by atoms with Crippen molar-refractivity contribution in [2.75, 3.05) is 0 Å². The number of thiophene rings is 1. The van der Waals surface area contributed by atoms with Crippen LogP contribution in [0.1, 0.15) is 10.5 Å². The fourth-order valence-corrected chi connectivity index (χ4v) is 3.06. The minimum Gasteiger partial charge on any atom is -0.476 e. The van der Waals surface area contributed by atoms with Crippen molar-refractivity contribution in [3.63, 3.8) is 0 Å². The molecule has 3 aromatic rings. The maximum Gasteiger partial charge on any atom is 0.358 e. The van der Waals surface area contributed by atoms with E-state index in [0.29, 0.717) is 5.69 Å². The van der Waals surface area contributed by atoms with E-state index in [4.69, 9.17) is 0 Å². The van der Waals surface area contributed by atoms with Crippen molar-refractivity contribution in [1.29, 1.82) is 0 Å². The SMILES string of the molecule is O=C(O)c1nnn(-c2ccccc2Br)c1-c1cccs1. The summed E-state index contributed by atoms with van der Waals surface area (Å²) in [4.78, 5) is 12.1. The Morgan fingerprint density at radius 2 is 2.05 bits per heavy atom. The summed E-state index contributed by atoms with van der Waals surface area (Å²) < 4.78 is 2.36. The molecule has 0 spiro atoms. The summed E-state index contributed by atoms with van der Waals surface area (Å²) in [5.74, 6) is -1.09. The highest BCUT2D eigenvalue weighted by molar-refractivity contribution is 9.10. The van der Waals surface area contributed by atoms with Crippen molar-refractivity contribution < 1.29 is 9.90 Å². The molecule has 0 saturated carbocycles. The molecule has 0 aliphatic rings. The summed E-state index contributed by atoms with van der Waals surface area (Å²) in [6, 6.07) is 11.2. The van der Waals surface area contributed by atoms with E-state index in [1.165, 1.54) is 11.3 Å². The highest BCUT2D eigenvalue weighted by Crippen LogP contribution is 2.31. The minimum atomic E-state index is -1.09. The largest absolute Gasteiger partial charge is 0.476 e. The predicted molar refractivity (Wildman–Crippen MR) is 79.3 cm³/mol. The summed E-state index contributed by atoms with van der Waals surface area (Å²) >= 11 is 4.89. The second kappa shape index (κ2) is 5.18. The van der Waals surface area contributed by atoms with E-state index in [2.05, 4.69) is 26.2 Å². The number of carboxylic acid groups (broad SMARTS) is 1. The number of hydrogen-bond donors (Lipinski definition) is 1. The molecule has 2 aromatic heterocycles. The topological polar surface area (TPSA) is 68.0 Å². The number of hydrogen-bond acceptors (Lipinski definition) is 4. The van der Waals surface area contributed by atoms with Crippen LogP contribution >= 0.6 is 27.3 Å². The van der Waals surface area contributed by atoms with Gasteiger partial charge in [-0.2, -0.15) is 0 Å². The molecule has 0 fully saturated rings. The van der Waals surface area contributed by atoms with Crippen LogP contribution in [0.15, 0.2) is 46.3 Å². The molecule has 0 saturated heterocycles. The Kier molecular flexibility index (Phi) is 3.37. The van der Waals surface area contributed by atoms with Crippen LogP contribution < -0.4 is 0 Å². The standard InChI is InChI=1S/C13H8BrN3O2S/c14-8-4-1-2-5-9(8)17-12(10-6-3-7-20-10)11(13(18)19)15-16-17/h1-7H,(H,18,19). The monoisotopic (exact) mass is 349 g/mol. The summed E-state index contributed by atoms with van der Waals surface area (Å²) in [6.45, 7) is 0. The lowest BCUT2D eigenvalue weighted by molar-refractivity contribution is 0.0691. The molecule has 0 atom stereocenters. The first kappa shape index (κ1) is 13.0. The maximum absolute atomic E-state index is 11.3. The Morgan fingerprint density at radius 1 is 1.25 bits per heavy atom. The number of rotatable bonds is 3. The van der Waals surface area contributed by atoms with Crippen LogP contribution in [-0.2, 0) is 0 Å². The highest BCUT2D eigenvalue weighted by atomic mass is 79.9. The summed E-state index contributed by atoms with van der Waals surface area (Å²) in [6.07, 6.45) is 0. The van der Waals surface area contributed by atoms with Gasteiger partial charge in [0.2, 0.25) is 0 Å². The second-order valence-corrected chi connectivity index (χ2v) is 5.73. The Labute approximate surface area is 126 Å². The van der Waals surface area contributed by atoms with Crippen molar-refractivity contribution in [2.45, 2.75) is 0 Å². The number of benzene rings is 1. The first-order valence-electron chi connectivity index (χ1n) is 5.66. The molecule has 0 radical (unpaired) electrons. The second-order valence-electron chi connectivity index (χ2n) is 3.93. The zero-order valence-electron chi connectivity index (χ0n) is 10.0. The van der Waals surface area contributed by atoms with Crippen molar-refractivity contribution in [1.82, 2.24) is 15.0 Å². The third kappa shape index (κ3) is 2.14. The Hall–Kier alpha value is -1.99. The Bertz CT molecular complexity index is 768. The smallest absolute Gasteiger partial charge is 0.358 e. The number of carboxylic acids is 1.